The molecule has 1 atom stereocenters. The smallest absolute Gasteiger partial charge is 0.113 e. The minimum Gasteiger partial charge on any atom is -0.388 e. The number of aliphatic hydroxyl groups is 1. The monoisotopic (exact) mass is 250 g/mol. The summed E-state index contributed by atoms with van der Waals surface area (Å²) >= 11 is 1.68. The number of aryl methyl sites for hydroxylation is 1. The average molecular weight is 250 g/mol. The lowest BCUT2D eigenvalue weighted by Gasteiger charge is -2.06. The van der Waals surface area contributed by atoms with Crippen molar-refractivity contribution in [2.75, 3.05) is 0 Å². The molecule has 0 amide bonds. The van der Waals surface area contributed by atoms with Crippen LogP contribution in [0.1, 0.15) is 42.1 Å². The molecule has 0 saturated heterocycles. The van der Waals surface area contributed by atoms with Crippen LogP contribution in [0.25, 0.3) is 0 Å². The summed E-state index contributed by atoms with van der Waals surface area (Å²) in [6.07, 6.45) is 5.50. The highest BCUT2D eigenvalue weighted by Gasteiger charge is 2.08. The number of nitrogens with zero attached hydrogens (tertiary/aromatic N) is 2. The van der Waals surface area contributed by atoms with Gasteiger partial charge in [-0.05, 0) is 25.0 Å². The fraction of sp³-hybridized carbons (Fsp3) is 0.462. The third kappa shape index (κ3) is 3.17. The van der Waals surface area contributed by atoms with E-state index in [-0.39, 0.29) is 6.10 Å². The summed E-state index contributed by atoms with van der Waals surface area (Å²) in [6.45, 7) is 4.88. The first-order valence-electron chi connectivity index (χ1n) is 5.93. The fourth-order valence-corrected chi connectivity index (χ4v) is 2.61. The number of hydrogen-bond acceptors (Lipinski definition) is 3. The molecule has 0 radical (unpaired) electrons. The van der Waals surface area contributed by atoms with E-state index in [0.29, 0.717) is 0 Å². The Kier molecular flexibility index (Phi) is 3.97. The Morgan fingerprint density at radius 2 is 2.35 bits per heavy atom. The van der Waals surface area contributed by atoms with Crippen molar-refractivity contribution in [2.45, 2.75) is 39.3 Å². The van der Waals surface area contributed by atoms with Crippen LogP contribution in [-0.2, 0) is 6.54 Å². The Balaban J connectivity index is 2.03. The maximum absolute atomic E-state index is 9.88. The first-order chi connectivity index (χ1) is 8.19. The summed E-state index contributed by atoms with van der Waals surface area (Å²) in [4.78, 5) is 4.43. The van der Waals surface area contributed by atoms with Gasteiger partial charge in [-0.3, -0.25) is 0 Å². The lowest BCUT2D eigenvalue weighted by molar-refractivity contribution is 0.166. The summed E-state index contributed by atoms with van der Waals surface area (Å²) in [5.41, 5.74) is 2.07. The van der Waals surface area contributed by atoms with Gasteiger partial charge in [0.1, 0.15) is 5.01 Å². The number of thiazole rings is 1. The minimum atomic E-state index is -0.334. The number of hydrogen-bond donors (Lipinski definition) is 1. The molecular formula is C13H18N2OS. The molecular weight excluding hydrogens is 232 g/mol. The van der Waals surface area contributed by atoms with Crippen LogP contribution in [-0.4, -0.2) is 14.7 Å². The van der Waals surface area contributed by atoms with Crippen molar-refractivity contribution in [3.8, 4) is 0 Å². The van der Waals surface area contributed by atoms with E-state index >= 15 is 0 Å². The first-order valence-corrected chi connectivity index (χ1v) is 6.81. The van der Waals surface area contributed by atoms with Crippen molar-refractivity contribution in [1.82, 2.24) is 9.55 Å². The molecule has 2 heterocycles. The highest BCUT2D eigenvalue weighted by molar-refractivity contribution is 7.09. The van der Waals surface area contributed by atoms with E-state index in [0.717, 1.165) is 35.7 Å². The molecule has 1 unspecified atom stereocenters. The van der Waals surface area contributed by atoms with Gasteiger partial charge in [-0.1, -0.05) is 13.3 Å². The lowest BCUT2D eigenvalue weighted by Crippen LogP contribution is -1.98. The third-order valence-electron chi connectivity index (χ3n) is 2.70. The zero-order valence-electron chi connectivity index (χ0n) is 10.3. The first kappa shape index (κ1) is 12.3. The van der Waals surface area contributed by atoms with Crippen molar-refractivity contribution in [3.63, 3.8) is 0 Å². The molecule has 0 spiro atoms. The van der Waals surface area contributed by atoms with E-state index in [2.05, 4.69) is 21.9 Å². The van der Waals surface area contributed by atoms with Crippen LogP contribution < -0.4 is 0 Å². The van der Waals surface area contributed by atoms with Gasteiger partial charge >= 0.3 is 0 Å². The Bertz CT molecular complexity index is 475. The second kappa shape index (κ2) is 5.47. The van der Waals surface area contributed by atoms with E-state index in [1.807, 2.05) is 25.4 Å². The van der Waals surface area contributed by atoms with E-state index < -0.39 is 0 Å². The third-order valence-corrected chi connectivity index (χ3v) is 3.66. The second-order valence-corrected chi connectivity index (χ2v) is 5.25. The molecule has 2 rings (SSSR count). The van der Waals surface area contributed by atoms with Gasteiger partial charge in [0, 0.05) is 23.5 Å². The normalized spacial score (nSPS) is 12.9. The molecule has 2 aromatic rings. The van der Waals surface area contributed by atoms with Crippen molar-refractivity contribution in [3.05, 3.63) is 40.1 Å². The summed E-state index contributed by atoms with van der Waals surface area (Å²) < 4.78 is 2.08. The van der Waals surface area contributed by atoms with Gasteiger partial charge in [-0.15, -0.1) is 11.3 Å². The van der Waals surface area contributed by atoms with Gasteiger partial charge < -0.3 is 9.67 Å². The largest absolute Gasteiger partial charge is 0.388 e. The molecule has 0 aliphatic carbocycles. The van der Waals surface area contributed by atoms with Crippen LogP contribution in [0.3, 0.4) is 0 Å². The molecule has 1 N–H and O–H groups in total. The average Bonchev–Trinajstić information content (AvgIpc) is 2.89. The predicted octanol–water partition coefficient (Wildman–Crippen LogP) is 3.13. The molecule has 0 saturated carbocycles. The van der Waals surface area contributed by atoms with Gasteiger partial charge in [0.2, 0.25) is 0 Å². The second-order valence-electron chi connectivity index (χ2n) is 4.30. The zero-order valence-corrected chi connectivity index (χ0v) is 11.1. The Morgan fingerprint density at radius 3 is 3.00 bits per heavy atom. The predicted molar refractivity (Wildman–Crippen MR) is 70.3 cm³/mol. The van der Waals surface area contributed by atoms with Gasteiger partial charge in [0.05, 0.1) is 12.6 Å². The number of rotatable bonds is 5. The van der Waals surface area contributed by atoms with E-state index in [4.69, 9.17) is 0 Å². The molecule has 0 bridgehead atoms. The van der Waals surface area contributed by atoms with Crippen LogP contribution >= 0.6 is 11.3 Å². The van der Waals surface area contributed by atoms with Crippen LogP contribution in [0.4, 0.5) is 0 Å². The molecule has 2 aromatic heterocycles. The summed E-state index contributed by atoms with van der Waals surface area (Å²) in [5.74, 6) is 0. The fourth-order valence-electron chi connectivity index (χ4n) is 1.83. The molecule has 0 aliphatic heterocycles. The molecule has 3 nitrogen and oxygen atoms in total. The number of aromatic nitrogens is 2. The van der Waals surface area contributed by atoms with E-state index in [1.54, 1.807) is 11.3 Å². The Labute approximate surface area is 106 Å². The highest BCUT2D eigenvalue weighted by atomic mass is 32.1. The van der Waals surface area contributed by atoms with Crippen molar-refractivity contribution in [1.29, 1.82) is 0 Å². The van der Waals surface area contributed by atoms with Crippen LogP contribution in [0.5, 0.6) is 0 Å². The molecule has 0 aliphatic rings. The zero-order chi connectivity index (χ0) is 12.3. The SMILES string of the molecule is CCCC(O)c1ccn(Cc2nc(C)cs2)c1. The van der Waals surface area contributed by atoms with Crippen LogP contribution in [0, 0.1) is 6.92 Å². The van der Waals surface area contributed by atoms with Crippen molar-refractivity contribution >= 4 is 11.3 Å². The minimum absolute atomic E-state index is 0.334. The number of aliphatic hydroxyl groups excluding tert-OH is 1. The summed E-state index contributed by atoms with van der Waals surface area (Å²) in [6, 6.07) is 1.99. The maximum Gasteiger partial charge on any atom is 0.113 e. The topological polar surface area (TPSA) is 38.0 Å². The summed E-state index contributed by atoms with van der Waals surface area (Å²) in [5, 5.41) is 13.0. The lowest BCUT2D eigenvalue weighted by atomic mass is 10.1. The summed E-state index contributed by atoms with van der Waals surface area (Å²) in [7, 11) is 0. The van der Waals surface area contributed by atoms with Gasteiger partial charge in [0.15, 0.2) is 0 Å². The molecule has 4 heteroatoms. The Morgan fingerprint density at radius 1 is 1.53 bits per heavy atom. The quantitative estimate of drug-likeness (QED) is 0.885. The van der Waals surface area contributed by atoms with Crippen molar-refractivity contribution < 1.29 is 5.11 Å². The van der Waals surface area contributed by atoms with Gasteiger partial charge in [-0.2, -0.15) is 0 Å². The highest BCUT2D eigenvalue weighted by Crippen LogP contribution is 2.19. The van der Waals surface area contributed by atoms with Gasteiger partial charge in [-0.25, -0.2) is 4.98 Å². The van der Waals surface area contributed by atoms with Gasteiger partial charge in [0.25, 0.3) is 0 Å². The van der Waals surface area contributed by atoms with Crippen molar-refractivity contribution in [2.24, 2.45) is 0 Å². The maximum atomic E-state index is 9.88. The van der Waals surface area contributed by atoms with E-state index in [9.17, 15) is 5.11 Å². The standard InChI is InChI=1S/C13H18N2OS/c1-3-4-12(16)11-5-6-15(7-11)8-13-14-10(2)9-17-13/h5-7,9,12,16H,3-4,8H2,1-2H3. The van der Waals surface area contributed by atoms with Crippen LogP contribution in [0.15, 0.2) is 23.8 Å². The molecule has 0 fully saturated rings. The molecule has 0 aromatic carbocycles. The molecule has 92 valence electrons. The van der Waals surface area contributed by atoms with E-state index in [1.165, 1.54) is 0 Å². The molecule has 17 heavy (non-hydrogen) atoms. The Hall–Kier alpha value is -1.13. The van der Waals surface area contributed by atoms with Crippen LogP contribution in [0.2, 0.25) is 0 Å².